The summed E-state index contributed by atoms with van der Waals surface area (Å²) >= 11 is 0. The average molecular weight is 444 g/mol. The third-order valence-electron chi connectivity index (χ3n) is 5.19. The summed E-state index contributed by atoms with van der Waals surface area (Å²) in [6.45, 7) is 0. The Kier molecular flexibility index (Phi) is 6.99. The highest BCUT2D eigenvalue weighted by Gasteiger charge is 2.14. The molecule has 0 saturated heterocycles. The molecule has 2 aromatic heterocycles. The lowest BCUT2D eigenvalue weighted by Gasteiger charge is -2.14. The largest absolute Gasteiger partial charge is 0.493 e. The molecule has 2 aromatic carbocycles. The maximum absolute atomic E-state index is 12.5. The monoisotopic (exact) mass is 443 g/mol. The molecule has 0 radical (unpaired) electrons. The van der Waals surface area contributed by atoms with Crippen molar-refractivity contribution in [2.24, 2.45) is 0 Å². The number of carbonyl (C=O) groups excluding carboxylic acids is 1. The number of anilines is 1. The van der Waals surface area contributed by atoms with Crippen molar-refractivity contribution in [2.75, 3.05) is 19.5 Å². The van der Waals surface area contributed by atoms with Gasteiger partial charge in [0.15, 0.2) is 17.2 Å². The number of aromatic nitrogens is 2. The van der Waals surface area contributed by atoms with Crippen molar-refractivity contribution >= 4 is 22.5 Å². The van der Waals surface area contributed by atoms with Crippen molar-refractivity contribution in [3.05, 3.63) is 78.8 Å². The van der Waals surface area contributed by atoms with Gasteiger partial charge in [-0.25, -0.2) is 0 Å². The zero-order valence-corrected chi connectivity index (χ0v) is 18.6. The molecule has 0 unspecified atom stereocenters. The standard InChI is InChI=1S/C26H25N3O4/c1-31-24-15-19-20(16-25(24)32-2)28-14-12-22(19)33-23-11-13-27-17-21(23)29-26(30)10-6-9-18-7-4-3-5-8-18/h3-5,7-8,11-17H,6,9-10H2,1-2H3,(H,29,30). The van der Waals surface area contributed by atoms with Gasteiger partial charge in [-0.15, -0.1) is 0 Å². The van der Waals surface area contributed by atoms with Crippen LogP contribution in [0.15, 0.2) is 73.2 Å². The maximum atomic E-state index is 12.5. The summed E-state index contributed by atoms with van der Waals surface area (Å²) in [5, 5.41) is 3.68. The number of methoxy groups -OCH3 is 2. The Morgan fingerprint density at radius 1 is 0.909 bits per heavy atom. The SMILES string of the molecule is COc1cc2nccc(Oc3ccncc3NC(=O)CCCc3ccccc3)c2cc1OC. The number of carbonyl (C=O) groups is 1. The van der Waals surface area contributed by atoms with E-state index < -0.39 is 0 Å². The second kappa shape index (κ2) is 10.5. The fourth-order valence-electron chi connectivity index (χ4n) is 3.53. The molecule has 168 valence electrons. The fourth-order valence-corrected chi connectivity index (χ4v) is 3.53. The molecule has 0 fully saturated rings. The van der Waals surface area contributed by atoms with Gasteiger partial charge in [0.1, 0.15) is 11.4 Å². The molecule has 4 aromatic rings. The topological polar surface area (TPSA) is 82.6 Å². The molecular weight excluding hydrogens is 418 g/mol. The molecule has 0 aliphatic carbocycles. The molecule has 0 aliphatic heterocycles. The third-order valence-corrected chi connectivity index (χ3v) is 5.19. The summed E-state index contributed by atoms with van der Waals surface area (Å²) in [6.07, 6.45) is 6.86. The summed E-state index contributed by atoms with van der Waals surface area (Å²) in [5.41, 5.74) is 2.42. The van der Waals surface area contributed by atoms with Gasteiger partial charge in [-0.2, -0.15) is 0 Å². The molecule has 1 N–H and O–H groups in total. The van der Waals surface area contributed by atoms with E-state index in [1.165, 1.54) is 5.56 Å². The van der Waals surface area contributed by atoms with Crippen molar-refractivity contribution < 1.29 is 19.0 Å². The molecule has 33 heavy (non-hydrogen) atoms. The van der Waals surface area contributed by atoms with Crippen LogP contribution in [0.5, 0.6) is 23.0 Å². The van der Waals surface area contributed by atoms with E-state index in [0.29, 0.717) is 40.6 Å². The van der Waals surface area contributed by atoms with Crippen LogP contribution in [-0.4, -0.2) is 30.1 Å². The first-order valence-corrected chi connectivity index (χ1v) is 10.6. The Balaban J connectivity index is 1.50. The van der Waals surface area contributed by atoms with Crippen LogP contribution in [0.1, 0.15) is 18.4 Å². The Morgan fingerprint density at radius 3 is 2.45 bits per heavy atom. The van der Waals surface area contributed by atoms with E-state index in [1.54, 1.807) is 51.0 Å². The molecule has 7 heteroatoms. The molecule has 7 nitrogen and oxygen atoms in total. The smallest absolute Gasteiger partial charge is 0.224 e. The Morgan fingerprint density at radius 2 is 1.67 bits per heavy atom. The minimum Gasteiger partial charge on any atom is -0.493 e. The number of amides is 1. The minimum atomic E-state index is -0.0882. The Hall–Kier alpha value is -4.13. The zero-order valence-electron chi connectivity index (χ0n) is 18.6. The summed E-state index contributed by atoms with van der Waals surface area (Å²) < 4.78 is 17.0. The van der Waals surface area contributed by atoms with E-state index in [1.807, 2.05) is 24.3 Å². The van der Waals surface area contributed by atoms with Crippen LogP contribution >= 0.6 is 0 Å². The van der Waals surface area contributed by atoms with Gasteiger partial charge in [-0.3, -0.25) is 14.8 Å². The number of benzene rings is 2. The maximum Gasteiger partial charge on any atom is 0.224 e. The molecule has 1 amide bonds. The fraction of sp³-hybridized carbons (Fsp3) is 0.192. The minimum absolute atomic E-state index is 0.0882. The van der Waals surface area contributed by atoms with Crippen molar-refractivity contribution in [1.82, 2.24) is 9.97 Å². The van der Waals surface area contributed by atoms with Crippen LogP contribution in [0.3, 0.4) is 0 Å². The number of nitrogens with one attached hydrogen (secondary N) is 1. The summed E-state index contributed by atoms with van der Waals surface area (Å²) in [7, 11) is 3.16. The van der Waals surface area contributed by atoms with Crippen LogP contribution in [0, 0.1) is 0 Å². The first-order valence-electron chi connectivity index (χ1n) is 10.6. The van der Waals surface area contributed by atoms with Gasteiger partial charge in [0, 0.05) is 36.3 Å². The highest BCUT2D eigenvalue weighted by Crippen LogP contribution is 2.38. The van der Waals surface area contributed by atoms with E-state index in [2.05, 4.69) is 27.4 Å². The molecule has 2 heterocycles. The molecule has 0 spiro atoms. The quantitative estimate of drug-likeness (QED) is 0.373. The molecule has 0 aliphatic rings. The van der Waals surface area contributed by atoms with Gasteiger partial charge in [-0.1, -0.05) is 30.3 Å². The van der Waals surface area contributed by atoms with E-state index in [4.69, 9.17) is 14.2 Å². The van der Waals surface area contributed by atoms with Crippen molar-refractivity contribution in [2.45, 2.75) is 19.3 Å². The second-order valence-electron chi connectivity index (χ2n) is 7.39. The normalized spacial score (nSPS) is 10.6. The molecule has 0 atom stereocenters. The molecule has 0 saturated carbocycles. The Bertz CT molecular complexity index is 1240. The highest BCUT2D eigenvalue weighted by atomic mass is 16.5. The van der Waals surface area contributed by atoms with Crippen LogP contribution in [0.4, 0.5) is 5.69 Å². The number of aryl methyl sites for hydroxylation is 1. The summed E-state index contributed by atoms with van der Waals surface area (Å²) in [5.74, 6) is 2.14. The lowest BCUT2D eigenvalue weighted by Crippen LogP contribution is -2.12. The highest BCUT2D eigenvalue weighted by molar-refractivity contribution is 5.92. The molecule has 0 bridgehead atoms. The number of fused-ring (bicyclic) bond motifs is 1. The van der Waals surface area contributed by atoms with Gasteiger partial charge in [0.05, 0.1) is 25.9 Å². The number of rotatable bonds is 9. The molecule has 4 rings (SSSR count). The van der Waals surface area contributed by atoms with Crippen molar-refractivity contribution in [3.63, 3.8) is 0 Å². The predicted octanol–water partition coefficient (Wildman–Crippen LogP) is 5.40. The van der Waals surface area contributed by atoms with Gasteiger partial charge >= 0.3 is 0 Å². The van der Waals surface area contributed by atoms with Gasteiger partial charge in [0.2, 0.25) is 5.91 Å². The van der Waals surface area contributed by atoms with Crippen molar-refractivity contribution in [1.29, 1.82) is 0 Å². The second-order valence-corrected chi connectivity index (χ2v) is 7.39. The summed E-state index contributed by atoms with van der Waals surface area (Å²) in [6, 6.07) is 17.2. The summed E-state index contributed by atoms with van der Waals surface area (Å²) in [4.78, 5) is 21.1. The van der Waals surface area contributed by atoms with Gasteiger partial charge < -0.3 is 19.5 Å². The van der Waals surface area contributed by atoms with E-state index in [-0.39, 0.29) is 5.91 Å². The van der Waals surface area contributed by atoms with Gasteiger partial charge in [0.25, 0.3) is 0 Å². The lowest BCUT2D eigenvalue weighted by atomic mass is 10.1. The van der Waals surface area contributed by atoms with E-state index in [9.17, 15) is 4.79 Å². The molecular formula is C26H25N3O4. The van der Waals surface area contributed by atoms with Gasteiger partial charge in [-0.05, 0) is 30.5 Å². The third kappa shape index (κ3) is 5.38. The number of hydrogen-bond donors (Lipinski definition) is 1. The lowest BCUT2D eigenvalue weighted by molar-refractivity contribution is -0.116. The van der Waals surface area contributed by atoms with Crippen molar-refractivity contribution in [3.8, 4) is 23.0 Å². The van der Waals surface area contributed by atoms with Crippen LogP contribution in [-0.2, 0) is 11.2 Å². The van der Waals surface area contributed by atoms with E-state index in [0.717, 1.165) is 18.2 Å². The van der Waals surface area contributed by atoms with E-state index >= 15 is 0 Å². The van der Waals surface area contributed by atoms with Crippen LogP contribution in [0.2, 0.25) is 0 Å². The number of nitrogens with zero attached hydrogens (tertiary/aromatic N) is 2. The Labute approximate surface area is 192 Å². The first kappa shape index (κ1) is 22.1. The van der Waals surface area contributed by atoms with Crippen LogP contribution < -0.4 is 19.5 Å². The average Bonchev–Trinajstić information content (AvgIpc) is 2.85. The number of pyridine rings is 2. The van der Waals surface area contributed by atoms with Crippen LogP contribution in [0.25, 0.3) is 10.9 Å². The predicted molar refractivity (Wildman–Crippen MR) is 127 cm³/mol. The first-order chi connectivity index (χ1) is 16.2. The number of ether oxygens (including phenoxy) is 3. The number of hydrogen-bond acceptors (Lipinski definition) is 6. The zero-order chi connectivity index (χ0) is 23.0.